The first kappa shape index (κ1) is 23.3. The second-order valence-corrected chi connectivity index (χ2v) is 9.07. The molecule has 4 atom stereocenters. The van der Waals surface area contributed by atoms with E-state index in [-0.39, 0.29) is 66.2 Å². The number of ether oxygens (including phenoxy) is 3. The highest BCUT2D eigenvalue weighted by atomic mass is 35.5. The minimum absolute atomic E-state index is 0.0359. The normalized spacial score (nSPS) is 30.3. The average Bonchev–Trinajstić information content (AvgIpc) is 3.46. The zero-order valence-electron chi connectivity index (χ0n) is 17.6. The minimum Gasteiger partial charge on any atom is -0.484 e. The van der Waals surface area contributed by atoms with E-state index in [0.29, 0.717) is 24.6 Å². The molecule has 34 heavy (non-hydrogen) atoms. The van der Waals surface area contributed by atoms with Crippen LogP contribution in [0.25, 0.3) is 0 Å². The second kappa shape index (κ2) is 8.97. The summed E-state index contributed by atoms with van der Waals surface area (Å²) >= 11 is 5.62. The van der Waals surface area contributed by atoms with Crippen LogP contribution in [-0.2, 0) is 14.3 Å². The van der Waals surface area contributed by atoms with Gasteiger partial charge >= 0.3 is 6.36 Å². The number of rotatable bonds is 7. The van der Waals surface area contributed by atoms with Gasteiger partial charge in [0.05, 0.1) is 35.3 Å². The van der Waals surface area contributed by atoms with E-state index < -0.39 is 18.3 Å². The van der Waals surface area contributed by atoms with Crippen molar-refractivity contribution in [1.82, 2.24) is 15.5 Å². The van der Waals surface area contributed by atoms with Gasteiger partial charge in [-0.25, -0.2) is 4.39 Å². The van der Waals surface area contributed by atoms with Gasteiger partial charge in [0.15, 0.2) is 6.61 Å². The van der Waals surface area contributed by atoms with Crippen LogP contribution in [0, 0.1) is 5.82 Å². The lowest BCUT2D eigenvalue weighted by Crippen LogP contribution is -2.44. The first-order chi connectivity index (χ1) is 16.1. The number of hydrogen-bond donors (Lipinski definition) is 1. The minimum atomic E-state index is -4.65. The fourth-order valence-electron chi connectivity index (χ4n) is 4.65. The molecule has 2 saturated heterocycles. The number of hydrogen-bond acceptors (Lipinski definition) is 7. The van der Waals surface area contributed by atoms with Crippen LogP contribution in [0.15, 0.2) is 22.6 Å². The lowest BCUT2D eigenvalue weighted by Gasteiger charge is -2.32. The number of fused-ring (bicyclic) bond motifs is 2. The summed E-state index contributed by atoms with van der Waals surface area (Å²) in [5.41, 5.74) is 0. The van der Waals surface area contributed by atoms with E-state index in [2.05, 4.69) is 20.3 Å². The van der Waals surface area contributed by atoms with Crippen LogP contribution in [-0.4, -0.2) is 53.4 Å². The third-order valence-electron chi connectivity index (χ3n) is 6.34. The molecular formula is C21H20ClF4N3O5. The van der Waals surface area contributed by atoms with E-state index in [1.807, 2.05) is 0 Å². The molecule has 0 radical (unpaired) electrons. The van der Waals surface area contributed by atoms with E-state index in [9.17, 15) is 22.4 Å². The summed E-state index contributed by atoms with van der Waals surface area (Å²) in [4.78, 5) is 12.3. The third kappa shape index (κ3) is 4.98. The lowest BCUT2D eigenvalue weighted by atomic mass is 9.82. The maximum absolute atomic E-state index is 13.5. The molecule has 184 valence electrons. The van der Waals surface area contributed by atoms with Crippen molar-refractivity contribution in [3.63, 3.8) is 0 Å². The molecule has 4 unspecified atom stereocenters. The molecular weight excluding hydrogens is 486 g/mol. The van der Waals surface area contributed by atoms with Crippen LogP contribution in [0.5, 0.6) is 5.75 Å². The molecule has 3 fully saturated rings. The molecule has 1 aromatic carbocycles. The number of nitrogens with zero attached hydrogens (tertiary/aromatic N) is 2. The van der Waals surface area contributed by atoms with Gasteiger partial charge in [0.1, 0.15) is 11.6 Å². The molecule has 1 aromatic heterocycles. The Morgan fingerprint density at radius 1 is 1.15 bits per heavy atom. The summed E-state index contributed by atoms with van der Waals surface area (Å²) in [6.07, 6.45) is -4.56. The van der Waals surface area contributed by atoms with Crippen molar-refractivity contribution < 1.29 is 41.0 Å². The maximum Gasteiger partial charge on any atom is 0.522 e. The molecule has 1 aliphatic carbocycles. The van der Waals surface area contributed by atoms with Gasteiger partial charge in [-0.3, -0.25) is 9.53 Å². The summed E-state index contributed by atoms with van der Waals surface area (Å²) < 4.78 is 71.2. The van der Waals surface area contributed by atoms with Crippen molar-refractivity contribution >= 4 is 17.5 Å². The zero-order chi connectivity index (χ0) is 24.0. The Morgan fingerprint density at radius 3 is 2.59 bits per heavy atom. The van der Waals surface area contributed by atoms with Crippen LogP contribution < -0.4 is 10.1 Å². The molecule has 2 aromatic rings. The third-order valence-corrected chi connectivity index (χ3v) is 6.65. The molecule has 3 heterocycles. The largest absolute Gasteiger partial charge is 0.522 e. The predicted octanol–water partition coefficient (Wildman–Crippen LogP) is 3.85. The molecule has 1 amide bonds. The number of aromatic nitrogens is 2. The van der Waals surface area contributed by atoms with Crippen molar-refractivity contribution in [1.29, 1.82) is 0 Å². The smallest absolute Gasteiger partial charge is 0.484 e. The molecule has 5 rings (SSSR count). The van der Waals surface area contributed by atoms with Crippen molar-refractivity contribution in [3.05, 3.63) is 40.8 Å². The van der Waals surface area contributed by atoms with Crippen molar-refractivity contribution in [2.45, 2.75) is 68.2 Å². The fourth-order valence-corrected chi connectivity index (χ4v) is 4.77. The molecule has 1 saturated carbocycles. The van der Waals surface area contributed by atoms with Gasteiger partial charge in [-0.15, -0.1) is 23.4 Å². The molecule has 3 aliphatic rings. The number of carbonyl (C=O) groups excluding carboxylic acids is 1. The highest BCUT2D eigenvalue weighted by Gasteiger charge is 2.50. The molecule has 13 heteroatoms. The Balaban J connectivity index is 1.08. The van der Waals surface area contributed by atoms with E-state index in [1.54, 1.807) is 0 Å². The molecule has 2 bridgehead atoms. The quantitative estimate of drug-likeness (QED) is 0.571. The molecule has 2 aliphatic heterocycles. The van der Waals surface area contributed by atoms with Gasteiger partial charge in [0, 0.05) is 12.0 Å². The van der Waals surface area contributed by atoms with E-state index in [0.717, 1.165) is 6.07 Å². The van der Waals surface area contributed by atoms with Gasteiger partial charge in [0.25, 0.3) is 5.91 Å². The first-order valence-electron chi connectivity index (χ1n) is 10.7. The lowest BCUT2D eigenvalue weighted by molar-refractivity contribution is -0.352. The Morgan fingerprint density at radius 2 is 1.91 bits per heavy atom. The van der Waals surface area contributed by atoms with Gasteiger partial charge < -0.3 is 19.2 Å². The maximum atomic E-state index is 13.5. The number of alkyl halides is 3. The van der Waals surface area contributed by atoms with Crippen LogP contribution in [0.3, 0.4) is 0 Å². The first-order valence-corrected chi connectivity index (χ1v) is 11.1. The van der Waals surface area contributed by atoms with Crippen molar-refractivity contribution in [2.24, 2.45) is 0 Å². The van der Waals surface area contributed by atoms with Crippen molar-refractivity contribution in [2.75, 3.05) is 6.61 Å². The average molecular weight is 506 g/mol. The number of amides is 1. The number of nitrogens with one attached hydrogen (secondary N) is 1. The number of halogens is 5. The number of carbonyl (C=O) groups is 1. The van der Waals surface area contributed by atoms with Gasteiger partial charge in [-0.2, -0.15) is 0 Å². The van der Waals surface area contributed by atoms with Crippen LogP contribution in [0.1, 0.15) is 49.3 Å². The topological polar surface area (TPSA) is 95.7 Å². The monoisotopic (exact) mass is 505 g/mol. The Labute approximate surface area is 195 Å². The standard InChI is InChI=1S/C21H20ClF4N3O5/c22-13-2-1-10(5-14(13)23)31-8-18(30)27-15-7-16-12(6-17(15)32-16)20-29-28-19(33-20)9-3-11(4-9)34-21(24,25)26/h1-2,5,9,11-12,15-17H,3-4,6-8H2,(H,27,30). The highest BCUT2D eigenvalue weighted by Crippen LogP contribution is 2.46. The fraction of sp³-hybridized carbons (Fsp3) is 0.571. The van der Waals surface area contributed by atoms with Gasteiger partial charge in [0.2, 0.25) is 11.8 Å². The highest BCUT2D eigenvalue weighted by molar-refractivity contribution is 6.30. The molecule has 1 N–H and O–H groups in total. The van der Waals surface area contributed by atoms with Crippen LogP contribution >= 0.6 is 11.6 Å². The Bertz CT molecular complexity index is 1060. The SMILES string of the molecule is O=C(COc1ccc(Cl)c(F)c1)NC1CC2OC1CC2c1nnc(C2CC(OC(F)(F)F)C2)o1. The summed E-state index contributed by atoms with van der Waals surface area (Å²) in [7, 11) is 0. The summed E-state index contributed by atoms with van der Waals surface area (Å²) in [6.45, 7) is -0.286. The zero-order valence-corrected chi connectivity index (χ0v) is 18.3. The van der Waals surface area contributed by atoms with E-state index in [1.165, 1.54) is 12.1 Å². The van der Waals surface area contributed by atoms with Gasteiger partial charge in [-0.1, -0.05) is 11.6 Å². The van der Waals surface area contributed by atoms with Crippen molar-refractivity contribution in [3.8, 4) is 5.75 Å². The van der Waals surface area contributed by atoms with Crippen LogP contribution in [0.4, 0.5) is 17.6 Å². The summed E-state index contributed by atoms with van der Waals surface area (Å²) in [5.74, 6) is -0.515. The van der Waals surface area contributed by atoms with E-state index in [4.69, 9.17) is 25.5 Å². The Kier molecular flexibility index (Phi) is 6.15. The molecule has 0 spiro atoms. The second-order valence-electron chi connectivity index (χ2n) is 8.66. The van der Waals surface area contributed by atoms with E-state index >= 15 is 0 Å². The summed E-state index contributed by atoms with van der Waals surface area (Å²) in [6, 6.07) is 3.70. The number of benzene rings is 1. The van der Waals surface area contributed by atoms with Crippen LogP contribution in [0.2, 0.25) is 5.02 Å². The van der Waals surface area contributed by atoms with Gasteiger partial charge in [-0.05, 0) is 37.8 Å². The Hall–Kier alpha value is -2.44. The predicted molar refractivity (Wildman–Crippen MR) is 107 cm³/mol. The summed E-state index contributed by atoms with van der Waals surface area (Å²) in [5, 5.41) is 10.9. The molecule has 8 nitrogen and oxygen atoms in total.